The first kappa shape index (κ1) is 14.8. The molecule has 0 amide bonds. The molecule has 0 saturated carbocycles. The summed E-state index contributed by atoms with van der Waals surface area (Å²) in [5, 5.41) is 14.9. The Labute approximate surface area is 137 Å². The Hall–Kier alpha value is -2.74. The average molecular weight is 328 g/mol. The molecule has 0 unspecified atom stereocenters. The van der Waals surface area contributed by atoms with Crippen molar-refractivity contribution in [2.24, 2.45) is 7.05 Å². The fourth-order valence-electron chi connectivity index (χ4n) is 3.23. The first-order valence-corrected chi connectivity index (χ1v) is 7.68. The lowest BCUT2D eigenvalue weighted by Crippen LogP contribution is -2.26. The molecule has 2 aromatic heterocycles. The molecule has 4 rings (SSSR count). The van der Waals surface area contributed by atoms with Gasteiger partial charge in [-0.15, -0.1) is 0 Å². The van der Waals surface area contributed by atoms with E-state index in [-0.39, 0.29) is 11.9 Å². The van der Waals surface area contributed by atoms with Crippen molar-refractivity contribution in [1.29, 1.82) is 0 Å². The third-order valence-electron chi connectivity index (χ3n) is 4.38. The molecule has 2 atom stereocenters. The van der Waals surface area contributed by atoms with Gasteiger partial charge in [0, 0.05) is 13.6 Å². The monoisotopic (exact) mass is 328 g/mol. The van der Waals surface area contributed by atoms with E-state index >= 15 is 0 Å². The number of fused-ring (bicyclic) bond motifs is 1. The topological polar surface area (TPSA) is 93.1 Å². The van der Waals surface area contributed by atoms with Crippen molar-refractivity contribution < 1.29 is 9.50 Å². The van der Waals surface area contributed by atoms with Crippen molar-refractivity contribution in [2.45, 2.75) is 18.6 Å². The second kappa shape index (κ2) is 5.41. The van der Waals surface area contributed by atoms with Crippen LogP contribution in [0.3, 0.4) is 0 Å². The number of rotatable bonds is 2. The van der Waals surface area contributed by atoms with Crippen LogP contribution in [0.25, 0.3) is 11.0 Å². The summed E-state index contributed by atoms with van der Waals surface area (Å²) in [6.45, 7) is 0.365. The van der Waals surface area contributed by atoms with Crippen LogP contribution in [0, 0.1) is 5.82 Å². The number of nitrogen functional groups attached to an aromatic ring is 1. The summed E-state index contributed by atoms with van der Waals surface area (Å²) in [6.07, 6.45) is 1.57. The summed E-state index contributed by atoms with van der Waals surface area (Å²) in [5.74, 6) is 0.438. The molecule has 24 heavy (non-hydrogen) atoms. The zero-order valence-electron chi connectivity index (χ0n) is 13.1. The van der Waals surface area contributed by atoms with Gasteiger partial charge in [0.25, 0.3) is 0 Å². The maximum absolute atomic E-state index is 13.6. The molecule has 1 fully saturated rings. The van der Waals surface area contributed by atoms with E-state index in [1.54, 1.807) is 24.0 Å². The number of β-amino-alcohol motifs (C(OH)–C–C–N with tert-alkyl or cyclic N) is 1. The minimum absolute atomic E-state index is 0.208. The molecule has 0 spiro atoms. The van der Waals surface area contributed by atoms with E-state index in [0.29, 0.717) is 35.8 Å². The lowest BCUT2D eigenvalue weighted by Gasteiger charge is -2.25. The maximum atomic E-state index is 13.6. The van der Waals surface area contributed by atoms with E-state index in [9.17, 15) is 9.50 Å². The van der Waals surface area contributed by atoms with Gasteiger partial charge in [0.05, 0.1) is 23.7 Å². The fourth-order valence-corrected chi connectivity index (χ4v) is 3.23. The van der Waals surface area contributed by atoms with Gasteiger partial charge < -0.3 is 15.7 Å². The minimum atomic E-state index is -0.537. The number of aliphatic hydroxyl groups is 1. The first-order valence-electron chi connectivity index (χ1n) is 7.68. The molecule has 124 valence electrons. The zero-order chi connectivity index (χ0) is 16.8. The highest BCUT2D eigenvalue weighted by molar-refractivity contribution is 5.86. The van der Waals surface area contributed by atoms with Gasteiger partial charge in [0.15, 0.2) is 5.65 Å². The highest BCUT2D eigenvalue weighted by atomic mass is 19.1. The van der Waals surface area contributed by atoms with Crippen LogP contribution in [0.5, 0.6) is 0 Å². The SMILES string of the molecule is Cn1ncc2c(N)nc(N3C[C@@H](O)C[C@H]3c3cccc(F)c3)nc21. The second-order valence-corrected chi connectivity index (χ2v) is 6.03. The van der Waals surface area contributed by atoms with Crippen LogP contribution in [-0.2, 0) is 7.05 Å². The Balaban J connectivity index is 1.80. The molecular formula is C16H17FN6O. The van der Waals surface area contributed by atoms with Crippen LogP contribution in [0.1, 0.15) is 18.0 Å². The van der Waals surface area contributed by atoms with E-state index in [1.807, 2.05) is 11.0 Å². The highest BCUT2D eigenvalue weighted by Crippen LogP contribution is 2.36. The van der Waals surface area contributed by atoms with Crippen molar-refractivity contribution in [3.63, 3.8) is 0 Å². The third kappa shape index (κ3) is 2.35. The van der Waals surface area contributed by atoms with Crippen molar-refractivity contribution in [3.8, 4) is 0 Å². The Morgan fingerprint density at radius 3 is 2.96 bits per heavy atom. The van der Waals surface area contributed by atoms with Crippen LogP contribution >= 0.6 is 0 Å². The number of anilines is 2. The van der Waals surface area contributed by atoms with Crippen LogP contribution in [0.15, 0.2) is 30.5 Å². The molecule has 1 saturated heterocycles. The number of aromatic nitrogens is 4. The molecule has 1 aliphatic heterocycles. The first-order chi connectivity index (χ1) is 11.5. The second-order valence-electron chi connectivity index (χ2n) is 6.03. The van der Waals surface area contributed by atoms with Crippen LogP contribution < -0.4 is 10.6 Å². The standard InChI is InChI=1S/C16H17FN6O/c1-22-15-12(7-19-22)14(18)20-16(21-15)23-8-11(24)6-13(23)9-3-2-4-10(17)5-9/h2-5,7,11,13,24H,6,8H2,1H3,(H2,18,20,21)/t11-,13-/m0/s1. The van der Waals surface area contributed by atoms with Gasteiger partial charge in [0.1, 0.15) is 11.6 Å². The Bertz CT molecular complexity index is 911. The number of nitrogens with two attached hydrogens (primary N) is 1. The molecule has 7 nitrogen and oxygen atoms in total. The van der Waals surface area contributed by atoms with Gasteiger partial charge in [-0.05, 0) is 24.1 Å². The number of aryl methyl sites for hydroxylation is 1. The number of hydrogen-bond donors (Lipinski definition) is 2. The van der Waals surface area contributed by atoms with Crippen molar-refractivity contribution in [2.75, 3.05) is 17.2 Å². The van der Waals surface area contributed by atoms with Crippen LogP contribution in [-0.4, -0.2) is 37.5 Å². The molecular weight excluding hydrogens is 311 g/mol. The summed E-state index contributed by atoms with van der Waals surface area (Å²) >= 11 is 0. The normalized spacial score (nSPS) is 20.9. The summed E-state index contributed by atoms with van der Waals surface area (Å²) in [7, 11) is 1.78. The summed E-state index contributed by atoms with van der Waals surface area (Å²) in [5.41, 5.74) is 7.43. The molecule has 0 aliphatic carbocycles. The fraction of sp³-hybridized carbons (Fsp3) is 0.312. The lowest BCUT2D eigenvalue weighted by atomic mass is 10.0. The molecule has 0 bridgehead atoms. The molecule has 1 aliphatic rings. The molecule has 0 radical (unpaired) electrons. The number of nitrogens with zero attached hydrogens (tertiary/aromatic N) is 5. The summed E-state index contributed by atoms with van der Waals surface area (Å²) < 4.78 is 15.2. The zero-order valence-corrected chi connectivity index (χ0v) is 13.1. The van der Waals surface area contributed by atoms with E-state index in [4.69, 9.17) is 5.73 Å². The summed E-state index contributed by atoms with van der Waals surface area (Å²) in [4.78, 5) is 10.8. The Morgan fingerprint density at radius 2 is 2.17 bits per heavy atom. The smallest absolute Gasteiger partial charge is 0.229 e. The number of benzene rings is 1. The third-order valence-corrected chi connectivity index (χ3v) is 4.38. The van der Waals surface area contributed by atoms with E-state index in [2.05, 4.69) is 15.1 Å². The molecule has 8 heteroatoms. The quantitative estimate of drug-likeness (QED) is 0.738. The largest absolute Gasteiger partial charge is 0.391 e. The van der Waals surface area contributed by atoms with Gasteiger partial charge in [-0.2, -0.15) is 15.1 Å². The molecule has 1 aromatic carbocycles. The maximum Gasteiger partial charge on any atom is 0.229 e. The highest BCUT2D eigenvalue weighted by Gasteiger charge is 2.34. The van der Waals surface area contributed by atoms with E-state index in [0.717, 1.165) is 5.56 Å². The predicted molar refractivity (Wildman–Crippen MR) is 87.8 cm³/mol. The van der Waals surface area contributed by atoms with Crippen molar-refractivity contribution in [1.82, 2.24) is 19.7 Å². The van der Waals surface area contributed by atoms with Gasteiger partial charge in [-0.25, -0.2) is 4.39 Å². The van der Waals surface area contributed by atoms with Gasteiger partial charge >= 0.3 is 0 Å². The molecule has 3 heterocycles. The minimum Gasteiger partial charge on any atom is -0.391 e. The predicted octanol–water partition coefficient (Wildman–Crippen LogP) is 1.40. The Morgan fingerprint density at radius 1 is 1.33 bits per heavy atom. The van der Waals surface area contributed by atoms with Crippen molar-refractivity contribution >= 4 is 22.8 Å². The van der Waals surface area contributed by atoms with Gasteiger partial charge in [-0.1, -0.05) is 12.1 Å². The van der Waals surface area contributed by atoms with Crippen molar-refractivity contribution in [3.05, 3.63) is 41.8 Å². The average Bonchev–Trinajstić information content (AvgIpc) is 3.11. The van der Waals surface area contributed by atoms with E-state index < -0.39 is 6.10 Å². The Kier molecular flexibility index (Phi) is 3.34. The van der Waals surface area contributed by atoms with E-state index in [1.165, 1.54) is 12.1 Å². The number of aliphatic hydroxyl groups excluding tert-OH is 1. The van der Waals surface area contributed by atoms with Gasteiger partial charge in [-0.3, -0.25) is 4.68 Å². The molecule has 3 N–H and O–H groups in total. The lowest BCUT2D eigenvalue weighted by molar-refractivity contribution is 0.194. The number of halogens is 1. The van der Waals surface area contributed by atoms with Crippen LogP contribution in [0.2, 0.25) is 0 Å². The van der Waals surface area contributed by atoms with Crippen LogP contribution in [0.4, 0.5) is 16.2 Å². The van der Waals surface area contributed by atoms with Gasteiger partial charge in [0.2, 0.25) is 5.95 Å². The summed E-state index contributed by atoms with van der Waals surface area (Å²) in [6, 6.07) is 6.16. The number of hydrogen-bond acceptors (Lipinski definition) is 6. The molecule has 3 aromatic rings.